The van der Waals surface area contributed by atoms with Crippen molar-refractivity contribution in [2.75, 3.05) is 13.1 Å². The molecule has 1 aliphatic heterocycles. The van der Waals surface area contributed by atoms with Gasteiger partial charge in [-0.05, 0) is 76.2 Å². The van der Waals surface area contributed by atoms with Gasteiger partial charge in [-0.2, -0.15) is 0 Å². The minimum Gasteiger partial charge on any atom is -0.317 e. The molecule has 0 unspecified atom stereocenters. The summed E-state index contributed by atoms with van der Waals surface area (Å²) in [6.45, 7) is 3.03. The van der Waals surface area contributed by atoms with Gasteiger partial charge in [0.2, 0.25) is 0 Å². The van der Waals surface area contributed by atoms with Crippen LogP contribution in [0.4, 0.5) is 0 Å². The van der Waals surface area contributed by atoms with Crippen LogP contribution in [0, 0.1) is 5.92 Å². The average Bonchev–Trinajstić information content (AvgIpc) is 2.33. The van der Waals surface area contributed by atoms with Crippen molar-refractivity contribution in [3.05, 3.63) is 31.6 Å². The molecule has 0 aromatic carbocycles. The molecule has 0 aliphatic carbocycles. The van der Waals surface area contributed by atoms with E-state index in [-0.39, 0.29) is 5.56 Å². The molecule has 2 rings (SSSR count). The number of aromatic nitrogens is 1. The SMILES string of the molecule is O=c1c(Br)cc(Br)cn1CCC1CCNCC1. The van der Waals surface area contributed by atoms with Crippen molar-refractivity contribution in [3.63, 3.8) is 0 Å². The topological polar surface area (TPSA) is 34.0 Å². The minimum atomic E-state index is 0.0575. The second-order valence-corrected chi connectivity index (χ2v) is 6.26. The Morgan fingerprint density at radius 3 is 2.76 bits per heavy atom. The lowest BCUT2D eigenvalue weighted by atomic mass is 9.95. The van der Waals surface area contributed by atoms with Gasteiger partial charge >= 0.3 is 0 Å². The molecule has 0 bridgehead atoms. The largest absolute Gasteiger partial charge is 0.317 e. The molecule has 3 nitrogen and oxygen atoms in total. The molecule has 94 valence electrons. The molecular weight excluding hydrogens is 348 g/mol. The van der Waals surface area contributed by atoms with E-state index in [1.54, 1.807) is 10.6 Å². The number of hydrogen-bond donors (Lipinski definition) is 1. The number of pyridine rings is 1. The van der Waals surface area contributed by atoms with Crippen LogP contribution in [0.3, 0.4) is 0 Å². The quantitative estimate of drug-likeness (QED) is 0.895. The van der Waals surface area contributed by atoms with Crippen LogP contribution < -0.4 is 10.9 Å². The molecule has 1 aliphatic rings. The van der Waals surface area contributed by atoms with Gasteiger partial charge < -0.3 is 9.88 Å². The molecule has 0 radical (unpaired) electrons. The molecule has 1 N–H and O–H groups in total. The molecule has 0 atom stereocenters. The van der Waals surface area contributed by atoms with E-state index in [0.717, 1.165) is 36.4 Å². The first-order chi connectivity index (χ1) is 8.16. The monoisotopic (exact) mass is 362 g/mol. The van der Waals surface area contributed by atoms with Gasteiger partial charge in [0.1, 0.15) is 0 Å². The fraction of sp³-hybridized carbons (Fsp3) is 0.583. The Kier molecular flexibility index (Phi) is 4.82. The van der Waals surface area contributed by atoms with Crippen molar-refractivity contribution in [2.24, 2.45) is 5.92 Å². The number of hydrogen-bond acceptors (Lipinski definition) is 2. The normalized spacial score (nSPS) is 17.3. The van der Waals surface area contributed by atoms with Gasteiger partial charge in [0.15, 0.2) is 0 Å². The first kappa shape index (κ1) is 13.3. The summed E-state index contributed by atoms with van der Waals surface area (Å²) in [4.78, 5) is 11.9. The molecule has 0 amide bonds. The van der Waals surface area contributed by atoms with Crippen molar-refractivity contribution in [1.82, 2.24) is 9.88 Å². The van der Waals surface area contributed by atoms with Crippen LogP contribution in [0.15, 0.2) is 26.0 Å². The highest BCUT2D eigenvalue weighted by Gasteiger charge is 2.13. The van der Waals surface area contributed by atoms with Crippen LogP contribution in [-0.4, -0.2) is 17.7 Å². The Morgan fingerprint density at radius 2 is 2.06 bits per heavy atom. The van der Waals surface area contributed by atoms with Crippen molar-refractivity contribution in [3.8, 4) is 0 Å². The van der Waals surface area contributed by atoms with E-state index in [1.807, 2.05) is 6.20 Å². The van der Waals surface area contributed by atoms with Crippen molar-refractivity contribution in [1.29, 1.82) is 0 Å². The van der Waals surface area contributed by atoms with E-state index >= 15 is 0 Å². The van der Waals surface area contributed by atoms with E-state index < -0.39 is 0 Å². The minimum absolute atomic E-state index is 0.0575. The second-order valence-electron chi connectivity index (χ2n) is 4.49. The van der Waals surface area contributed by atoms with Crippen LogP contribution in [0.2, 0.25) is 0 Å². The lowest BCUT2D eigenvalue weighted by molar-refractivity contribution is 0.336. The fourth-order valence-electron chi connectivity index (χ4n) is 2.22. The predicted molar refractivity (Wildman–Crippen MR) is 76.3 cm³/mol. The lowest BCUT2D eigenvalue weighted by Gasteiger charge is -2.22. The third-order valence-electron chi connectivity index (χ3n) is 3.25. The highest BCUT2D eigenvalue weighted by Crippen LogP contribution is 2.18. The van der Waals surface area contributed by atoms with Gasteiger partial charge in [0.25, 0.3) is 5.56 Å². The second kappa shape index (κ2) is 6.16. The van der Waals surface area contributed by atoms with Crippen LogP contribution in [-0.2, 0) is 6.54 Å². The van der Waals surface area contributed by atoms with E-state index in [4.69, 9.17) is 0 Å². The van der Waals surface area contributed by atoms with Crippen LogP contribution in [0.1, 0.15) is 19.3 Å². The summed E-state index contributed by atoms with van der Waals surface area (Å²) in [6, 6.07) is 1.80. The molecule has 1 aromatic heterocycles. The third-order valence-corrected chi connectivity index (χ3v) is 4.25. The standard InChI is InChI=1S/C12H16Br2N2O/c13-10-7-11(14)12(17)16(8-10)6-3-9-1-4-15-5-2-9/h7-9,15H,1-6H2. The van der Waals surface area contributed by atoms with Crippen LogP contribution in [0.25, 0.3) is 0 Å². The fourth-order valence-corrected chi connectivity index (χ4v) is 3.48. The Morgan fingerprint density at radius 1 is 1.35 bits per heavy atom. The number of nitrogens with one attached hydrogen (secondary N) is 1. The summed E-state index contributed by atoms with van der Waals surface area (Å²) < 4.78 is 3.35. The van der Waals surface area contributed by atoms with Crippen molar-refractivity contribution >= 4 is 31.9 Å². The highest BCUT2D eigenvalue weighted by molar-refractivity contribution is 9.11. The zero-order valence-corrected chi connectivity index (χ0v) is 12.8. The third kappa shape index (κ3) is 3.66. The summed E-state index contributed by atoms with van der Waals surface area (Å²) in [5, 5.41) is 3.36. The first-order valence-electron chi connectivity index (χ1n) is 5.93. The Bertz CT molecular complexity index is 439. The molecule has 5 heteroatoms. The van der Waals surface area contributed by atoms with Gasteiger partial charge in [-0.15, -0.1) is 0 Å². The maximum absolute atomic E-state index is 11.9. The van der Waals surface area contributed by atoms with E-state index in [0.29, 0.717) is 4.47 Å². The summed E-state index contributed by atoms with van der Waals surface area (Å²) in [7, 11) is 0. The molecule has 0 spiro atoms. The smallest absolute Gasteiger partial charge is 0.264 e. The van der Waals surface area contributed by atoms with Crippen molar-refractivity contribution < 1.29 is 0 Å². The summed E-state index contributed by atoms with van der Waals surface area (Å²) in [5.74, 6) is 0.751. The Labute approximate surface area is 118 Å². The maximum atomic E-state index is 11.9. The number of nitrogens with zero attached hydrogens (tertiary/aromatic N) is 1. The van der Waals surface area contributed by atoms with E-state index in [2.05, 4.69) is 37.2 Å². The molecule has 17 heavy (non-hydrogen) atoms. The molecular formula is C12H16Br2N2O. The maximum Gasteiger partial charge on any atom is 0.264 e. The number of rotatable bonds is 3. The van der Waals surface area contributed by atoms with Crippen LogP contribution in [0.5, 0.6) is 0 Å². The number of halogens is 2. The van der Waals surface area contributed by atoms with Crippen LogP contribution >= 0.6 is 31.9 Å². The van der Waals surface area contributed by atoms with Gasteiger partial charge in [0.05, 0.1) is 4.47 Å². The van der Waals surface area contributed by atoms with E-state index in [1.165, 1.54) is 12.8 Å². The molecule has 1 saturated heterocycles. The average molecular weight is 364 g/mol. The zero-order valence-electron chi connectivity index (χ0n) is 9.59. The summed E-state index contributed by atoms with van der Waals surface area (Å²) in [5.41, 5.74) is 0.0575. The number of piperidine rings is 1. The number of aryl methyl sites for hydroxylation is 1. The van der Waals surface area contributed by atoms with Gasteiger partial charge in [-0.1, -0.05) is 0 Å². The Balaban J connectivity index is 2.00. The predicted octanol–water partition coefficient (Wildman–Crippen LogP) is 2.76. The zero-order chi connectivity index (χ0) is 12.3. The molecule has 1 aromatic rings. The molecule has 1 fully saturated rings. The summed E-state index contributed by atoms with van der Waals surface area (Å²) in [6.07, 6.45) is 5.41. The summed E-state index contributed by atoms with van der Waals surface area (Å²) >= 11 is 6.70. The first-order valence-corrected chi connectivity index (χ1v) is 7.51. The Hall–Kier alpha value is -0.130. The molecule has 2 heterocycles. The van der Waals surface area contributed by atoms with Gasteiger partial charge in [-0.25, -0.2) is 0 Å². The van der Waals surface area contributed by atoms with Crippen molar-refractivity contribution in [2.45, 2.75) is 25.8 Å². The van der Waals surface area contributed by atoms with E-state index in [9.17, 15) is 4.79 Å². The molecule has 0 saturated carbocycles. The van der Waals surface area contributed by atoms with Gasteiger partial charge in [-0.3, -0.25) is 4.79 Å². The van der Waals surface area contributed by atoms with Gasteiger partial charge in [0, 0.05) is 17.2 Å². The highest BCUT2D eigenvalue weighted by atomic mass is 79.9. The lowest BCUT2D eigenvalue weighted by Crippen LogP contribution is -2.29.